The van der Waals surface area contributed by atoms with E-state index in [0.29, 0.717) is 33.8 Å². The molecular weight excluding hydrogens is 553 g/mol. The molecule has 1 unspecified atom stereocenters. The van der Waals surface area contributed by atoms with Crippen LogP contribution < -0.4 is 10.2 Å². The lowest BCUT2D eigenvalue weighted by atomic mass is 9.99. The van der Waals surface area contributed by atoms with E-state index in [1.54, 1.807) is 12.1 Å². The quantitative estimate of drug-likeness (QED) is 0.540. The molecule has 2 aromatic rings. The van der Waals surface area contributed by atoms with E-state index < -0.39 is 23.8 Å². The fourth-order valence-electron chi connectivity index (χ4n) is 6.46. The first-order valence-electron chi connectivity index (χ1n) is 13.8. The number of likely N-dealkylation sites (tertiary alicyclic amines) is 1. The summed E-state index contributed by atoms with van der Waals surface area (Å²) >= 11 is 12.7. The van der Waals surface area contributed by atoms with Crippen LogP contribution in [0.5, 0.6) is 0 Å². The number of fused-ring (bicyclic) bond motifs is 1. The van der Waals surface area contributed by atoms with Crippen molar-refractivity contribution < 1.29 is 19.2 Å². The molecule has 1 atom stereocenters. The topological polar surface area (TPSA) is 93.3 Å². The van der Waals surface area contributed by atoms with E-state index in [1.165, 1.54) is 0 Å². The molecule has 0 bridgehead atoms. The molecule has 9 nitrogen and oxygen atoms in total. The highest BCUT2D eigenvalue weighted by Crippen LogP contribution is 2.34. The van der Waals surface area contributed by atoms with Gasteiger partial charge in [0.2, 0.25) is 11.8 Å². The predicted molar refractivity (Wildman–Crippen MR) is 152 cm³/mol. The highest BCUT2D eigenvalue weighted by molar-refractivity contribution is 6.43. The Morgan fingerprint density at radius 1 is 0.825 bits per heavy atom. The van der Waals surface area contributed by atoms with E-state index in [2.05, 4.69) is 20.0 Å². The molecule has 6 rings (SSSR count). The number of piperidine rings is 2. The number of carbonyl (C=O) groups excluding carboxylic acids is 4. The van der Waals surface area contributed by atoms with Gasteiger partial charge in [-0.05, 0) is 56.1 Å². The van der Waals surface area contributed by atoms with Crippen LogP contribution in [-0.4, -0.2) is 89.7 Å². The van der Waals surface area contributed by atoms with Crippen LogP contribution in [0.4, 0.5) is 5.69 Å². The summed E-state index contributed by atoms with van der Waals surface area (Å²) in [7, 11) is 0. The number of imide groups is 2. The Bertz CT molecular complexity index is 1370. The summed E-state index contributed by atoms with van der Waals surface area (Å²) in [5.74, 6) is -1.88. The summed E-state index contributed by atoms with van der Waals surface area (Å²) in [6.45, 7) is 6.09. The van der Waals surface area contributed by atoms with Crippen molar-refractivity contribution in [1.82, 2.24) is 20.0 Å². The second-order valence-corrected chi connectivity index (χ2v) is 11.7. The lowest BCUT2D eigenvalue weighted by molar-refractivity contribution is -0.136. The highest BCUT2D eigenvalue weighted by Gasteiger charge is 2.45. The molecule has 4 heterocycles. The monoisotopic (exact) mass is 583 g/mol. The van der Waals surface area contributed by atoms with E-state index in [-0.39, 0.29) is 18.7 Å². The molecule has 11 heteroatoms. The van der Waals surface area contributed by atoms with Gasteiger partial charge in [-0.15, -0.1) is 0 Å². The van der Waals surface area contributed by atoms with E-state index in [0.717, 1.165) is 68.3 Å². The van der Waals surface area contributed by atoms with Gasteiger partial charge in [-0.25, -0.2) is 0 Å². The summed E-state index contributed by atoms with van der Waals surface area (Å²) in [4.78, 5) is 58.8. The summed E-state index contributed by atoms with van der Waals surface area (Å²) < 4.78 is 0. The number of benzene rings is 2. The Hall–Kier alpha value is -2.98. The molecule has 4 aliphatic heterocycles. The van der Waals surface area contributed by atoms with Crippen LogP contribution in [0.25, 0.3) is 0 Å². The number of hydrogen-bond acceptors (Lipinski definition) is 7. The van der Waals surface area contributed by atoms with Crippen molar-refractivity contribution in [3.63, 3.8) is 0 Å². The lowest BCUT2D eigenvalue weighted by Crippen LogP contribution is -2.54. The van der Waals surface area contributed by atoms with Gasteiger partial charge in [0.25, 0.3) is 11.8 Å². The SMILES string of the molecule is O=C1CCC(N2C(=O)c3cccc(CN4CCC(N5CCN(c6cccc(Cl)c6Cl)CC5)CC4)c3C2=O)C(=O)N1. The molecule has 0 saturated carbocycles. The average Bonchev–Trinajstić information content (AvgIpc) is 3.21. The lowest BCUT2D eigenvalue weighted by Gasteiger charge is -2.43. The van der Waals surface area contributed by atoms with E-state index >= 15 is 0 Å². The molecule has 0 spiro atoms. The van der Waals surface area contributed by atoms with Gasteiger partial charge >= 0.3 is 0 Å². The zero-order chi connectivity index (χ0) is 28.0. The number of amides is 4. The van der Waals surface area contributed by atoms with Gasteiger partial charge in [0, 0.05) is 45.2 Å². The van der Waals surface area contributed by atoms with Crippen LogP contribution in [0.3, 0.4) is 0 Å². The smallest absolute Gasteiger partial charge is 0.262 e. The normalized spacial score (nSPS) is 23.1. The van der Waals surface area contributed by atoms with Gasteiger partial charge in [-0.2, -0.15) is 0 Å². The van der Waals surface area contributed by atoms with Gasteiger partial charge in [0.1, 0.15) is 6.04 Å². The van der Waals surface area contributed by atoms with Crippen LogP contribution in [-0.2, 0) is 16.1 Å². The van der Waals surface area contributed by atoms with Crippen molar-refractivity contribution in [2.45, 2.75) is 44.3 Å². The van der Waals surface area contributed by atoms with Crippen LogP contribution in [0.1, 0.15) is 52.0 Å². The van der Waals surface area contributed by atoms with Gasteiger partial charge in [0.15, 0.2) is 0 Å². The number of nitrogens with one attached hydrogen (secondary N) is 1. The Labute approximate surface area is 243 Å². The van der Waals surface area contributed by atoms with Gasteiger partial charge in [-0.3, -0.25) is 39.2 Å². The van der Waals surface area contributed by atoms with Crippen molar-refractivity contribution in [2.24, 2.45) is 0 Å². The molecule has 4 amide bonds. The fourth-order valence-corrected chi connectivity index (χ4v) is 6.88. The van der Waals surface area contributed by atoms with Crippen molar-refractivity contribution in [3.05, 3.63) is 63.1 Å². The minimum absolute atomic E-state index is 0.106. The standard InChI is InChI=1S/C29H31Cl2N5O4/c30-21-5-2-6-22(26(21)31)35-15-13-34(14-16-35)19-9-11-33(12-10-19)17-18-3-1-4-20-25(18)29(40)36(28(20)39)23-7-8-24(37)32-27(23)38/h1-6,19,23H,7-17H2,(H,32,37,38). The minimum atomic E-state index is -0.955. The summed E-state index contributed by atoms with van der Waals surface area (Å²) in [6.07, 6.45) is 2.32. The largest absolute Gasteiger partial charge is 0.368 e. The molecule has 4 aliphatic rings. The molecule has 210 valence electrons. The average molecular weight is 585 g/mol. The summed E-state index contributed by atoms with van der Waals surface area (Å²) in [6, 6.07) is 10.6. The van der Waals surface area contributed by atoms with Gasteiger partial charge < -0.3 is 4.90 Å². The fraction of sp³-hybridized carbons (Fsp3) is 0.448. The number of halogens is 2. The molecule has 3 fully saturated rings. The summed E-state index contributed by atoms with van der Waals surface area (Å²) in [5.41, 5.74) is 2.51. The molecule has 1 N–H and O–H groups in total. The molecule has 3 saturated heterocycles. The van der Waals surface area contributed by atoms with E-state index in [1.807, 2.05) is 24.3 Å². The number of piperazine rings is 1. The highest BCUT2D eigenvalue weighted by atomic mass is 35.5. The van der Waals surface area contributed by atoms with E-state index in [9.17, 15) is 19.2 Å². The molecule has 0 radical (unpaired) electrons. The number of nitrogens with zero attached hydrogens (tertiary/aromatic N) is 4. The van der Waals surface area contributed by atoms with Crippen LogP contribution >= 0.6 is 23.2 Å². The van der Waals surface area contributed by atoms with Crippen LogP contribution in [0, 0.1) is 0 Å². The van der Waals surface area contributed by atoms with Gasteiger partial charge in [0.05, 0.1) is 26.9 Å². The number of rotatable bonds is 5. The maximum absolute atomic E-state index is 13.4. The maximum Gasteiger partial charge on any atom is 0.262 e. The summed E-state index contributed by atoms with van der Waals surface area (Å²) in [5, 5.41) is 3.44. The van der Waals surface area contributed by atoms with Crippen molar-refractivity contribution in [2.75, 3.05) is 44.2 Å². The number of carbonyl (C=O) groups is 4. The third kappa shape index (κ3) is 5.00. The Morgan fingerprint density at radius 3 is 2.27 bits per heavy atom. The number of anilines is 1. The zero-order valence-electron chi connectivity index (χ0n) is 22.1. The Morgan fingerprint density at radius 2 is 1.55 bits per heavy atom. The van der Waals surface area contributed by atoms with Crippen molar-refractivity contribution in [1.29, 1.82) is 0 Å². The Balaban J connectivity index is 1.06. The third-order valence-corrected chi connectivity index (χ3v) is 9.42. The second-order valence-electron chi connectivity index (χ2n) is 10.9. The van der Waals surface area contributed by atoms with Gasteiger partial charge in [-0.1, -0.05) is 41.4 Å². The third-order valence-electron chi connectivity index (χ3n) is 8.61. The molecule has 0 aromatic heterocycles. The predicted octanol–water partition coefficient (Wildman–Crippen LogP) is 3.18. The molecule has 0 aliphatic carbocycles. The first-order valence-corrected chi connectivity index (χ1v) is 14.6. The zero-order valence-corrected chi connectivity index (χ0v) is 23.6. The van der Waals surface area contributed by atoms with Crippen molar-refractivity contribution >= 4 is 52.5 Å². The van der Waals surface area contributed by atoms with Crippen LogP contribution in [0.15, 0.2) is 36.4 Å². The van der Waals surface area contributed by atoms with E-state index in [4.69, 9.17) is 23.2 Å². The second kappa shape index (κ2) is 11.1. The van der Waals surface area contributed by atoms with Crippen LogP contribution in [0.2, 0.25) is 10.0 Å². The molecular formula is C29H31Cl2N5O4. The van der Waals surface area contributed by atoms with Crippen molar-refractivity contribution in [3.8, 4) is 0 Å². The first-order chi connectivity index (χ1) is 19.3. The Kier molecular flexibility index (Phi) is 7.56. The first kappa shape index (κ1) is 27.2. The maximum atomic E-state index is 13.4. The minimum Gasteiger partial charge on any atom is -0.368 e. The molecule has 2 aromatic carbocycles. The molecule has 40 heavy (non-hydrogen) atoms. The number of hydrogen-bond donors (Lipinski definition) is 1.